The lowest BCUT2D eigenvalue weighted by Gasteiger charge is -2.29. The Bertz CT molecular complexity index is 1330. The Kier molecular flexibility index (Phi) is 5.32. The van der Waals surface area contributed by atoms with Gasteiger partial charge in [0.1, 0.15) is 0 Å². The van der Waals surface area contributed by atoms with Gasteiger partial charge in [-0.15, -0.1) is 0 Å². The van der Waals surface area contributed by atoms with Crippen LogP contribution in [0.4, 0.5) is 0 Å². The van der Waals surface area contributed by atoms with E-state index < -0.39 is 0 Å². The number of fused-ring (bicyclic) bond motifs is 4. The van der Waals surface area contributed by atoms with Crippen LogP contribution in [0.5, 0.6) is 0 Å². The molecule has 0 radical (unpaired) electrons. The van der Waals surface area contributed by atoms with Gasteiger partial charge in [0, 0.05) is 11.8 Å². The average Bonchev–Trinajstić information content (AvgIpc) is 2.94. The Morgan fingerprint density at radius 1 is 0.361 bits per heavy atom. The molecule has 0 N–H and O–H groups in total. The van der Waals surface area contributed by atoms with Gasteiger partial charge in [0.2, 0.25) is 0 Å². The van der Waals surface area contributed by atoms with Crippen molar-refractivity contribution in [3.05, 3.63) is 177 Å². The lowest BCUT2D eigenvalue weighted by atomic mass is 9.75. The third-order valence-corrected chi connectivity index (χ3v) is 8.39. The van der Waals surface area contributed by atoms with Gasteiger partial charge >= 0.3 is 0 Å². The fourth-order valence-corrected chi connectivity index (χ4v) is 6.61. The van der Waals surface area contributed by atoms with Crippen LogP contribution < -0.4 is 0 Å². The van der Waals surface area contributed by atoms with Crippen molar-refractivity contribution in [2.24, 2.45) is 0 Å². The van der Waals surface area contributed by atoms with E-state index in [9.17, 15) is 0 Å². The Balaban J connectivity index is 1.18. The first-order chi connectivity index (χ1) is 17.8. The summed E-state index contributed by atoms with van der Waals surface area (Å²) < 4.78 is 0. The zero-order chi connectivity index (χ0) is 23.9. The summed E-state index contributed by atoms with van der Waals surface area (Å²) in [6, 6.07) is 45.6. The second-order valence-corrected chi connectivity index (χ2v) is 10.5. The van der Waals surface area contributed by atoms with E-state index >= 15 is 0 Å². The van der Waals surface area contributed by atoms with Crippen LogP contribution in [0.3, 0.4) is 0 Å². The Labute approximate surface area is 214 Å². The van der Waals surface area contributed by atoms with Crippen molar-refractivity contribution in [1.82, 2.24) is 0 Å². The SMILES string of the molecule is c1ccc2c(c1)Cc1ccccc1C2Cc1ccc(CC2c3ccccc3Cc3ccccc32)cc1. The maximum Gasteiger partial charge on any atom is 0.0135 e. The molecule has 7 rings (SSSR count). The standard InChI is InChI=1S/C36H30/c1-5-13-31-27(9-1)23-28-10-2-6-14-32(28)35(31)21-25-17-19-26(20-18-25)22-36-33-15-7-3-11-29(33)24-30-12-4-8-16-34(30)36/h1-20,35-36H,21-24H2. The highest BCUT2D eigenvalue weighted by atomic mass is 14.3. The number of hydrogen-bond donors (Lipinski definition) is 0. The van der Waals surface area contributed by atoms with E-state index in [4.69, 9.17) is 0 Å². The number of hydrogen-bond acceptors (Lipinski definition) is 0. The van der Waals surface area contributed by atoms with Crippen molar-refractivity contribution >= 4 is 0 Å². The summed E-state index contributed by atoms with van der Waals surface area (Å²) in [5.74, 6) is 0.850. The van der Waals surface area contributed by atoms with E-state index in [1.165, 1.54) is 55.6 Å². The molecule has 0 heteroatoms. The van der Waals surface area contributed by atoms with Crippen LogP contribution in [-0.4, -0.2) is 0 Å². The third kappa shape index (κ3) is 3.78. The van der Waals surface area contributed by atoms with E-state index in [1.807, 2.05) is 0 Å². The first kappa shape index (κ1) is 21.4. The third-order valence-electron chi connectivity index (χ3n) is 8.39. The van der Waals surface area contributed by atoms with Crippen LogP contribution in [0.15, 0.2) is 121 Å². The van der Waals surface area contributed by atoms with Crippen LogP contribution in [0.2, 0.25) is 0 Å². The Morgan fingerprint density at radius 2 is 0.639 bits per heavy atom. The molecule has 0 aliphatic heterocycles. The largest absolute Gasteiger partial charge is 0.0620 e. The van der Waals surface area contributed by atoms with Gasteiger partial charge in [-0.05, 0) is 81.3 Å². The zero-order valence-corrected chi connectivity index (χ0v) is 20.5. The van der Waals surface area contributed by atoms with Crippen LogP contribution in [0.1, 0.15) is 67.5 Å². The maximum atomic E-state index is 2.37. The summed E-state index contributed by atoms with van der Waals surface area (Å²) in [5.41, 5.74) is 14.7. The number of benzene rings is 5. The predicted molar refractivity (Wildman–Crippen MR) is 149 cm³/mol. The summed E-state index contributed by atoms with van der Waals surface area (Å²) in [6.45, 7) is 0. The summed E-state index contributed by atoms with van der Waals surface area (Å²) in [5, 5.41) is 0. The van der Waals surface area contributed by atoms with E-state index in [1.54, 1.807) is 0 Å². The minimum absolute atomic E-state index is 0.425. The lowest BCUT2D eigenvalue weighted by Crippen LogP contribution is -2.16. The average molecular weight is 463 g/mol. The molecule has 5 aromatic rings. The van der Waals surface area contributed by atoms with E-state index in [2.05, 4.69) is 121 Å². The van der Waals surface area contributed by atoms with E-state index in [0.717, 1.165) is 25.7 Å². The maximum absolute atomic E-state index is 2.37. The van der Waals surface area contributed by atoms with Crippen LogP contribution in [0, 0.1) is 0 Å². The molecule has 2 aliphatic carbocycles. The van der Waals surface area contributed by atoms with Crippen molar-refractivity contribution in [2.75, 3.05) is 0 Å². The predicted octanol–water partition coefficient (Wildman–Crippen LogP) is 8.24. The van der Waals surface area contributed by atoms with Gasteiger partial charge in [-0.1, -0.05) is 121 Å². The minimum atomic E-state index is 0.425. The highest BCUT2D eigenvalue weighted by Crippen LogP contribution is 2.40. The summed E-state index contributed by atoms with van der Waals surface area (Å²) in [4.78, 5) is 0. The van der Waals surface area contributed by atoms with Crippen LogP contribution in [0.25, 0.3) is 0 Å². The fraction of sp³-hybridized carbons (Fsp3) is 0.167. The van der Waals surface area contributed by atoms with Gasteiger partial charge in [0.05, 0.1) is 0 Å². The summed E-state index contributed by atoms with van der Waals surface area (Å²) in [6.07, 6.45) is 4.19. The van der Waals surface area contributed by atoms with Gasteiger partial charge < -0.3 is 0 Å². The number of rotatable bonds is 4. The molecule has 0 fully saturated rings. The van der Waals surface area contributed by atoms with E-state index in [0.29, 0.717) is 11.8 Å². The topological polar surface area (TPSA) is 0 Å². The molecule has 0 heterocycles. The van der Waals surface area contributed by atoms with Crippen molar-refractivity contribution in [3.63, 3.8) is 0 Å². The van der Waals surface area contributed by atoms with Crippen LogP contribution >= 0.6 is 0 Å². The van der Waals surface area contributed by atoms with Crippen molar-refractivity contribution < 1.29 is 0 Å². The Hall–Kier alpha value is -3.90. The van der Waals surface area contributed by atoms with Gasteiger partial charge in [-0.2, -0.15) is 0 Å². The highest BCUT2D eigenvalue weighted by molar-refractivity contribution is 5.51. The van der Waals surface area contributed by atoms with Gasteiger partial charge in [0.15, 0.2) is 0 Å². The normalized spacial score (nSPS) is 14.4. The molecule has 0 spiro atoms. The first-order valence-corrected chi connectivity index (χ1v) is 13.2. The fourth-order valence-electron chi connectivity index (χ4n) is 6.61. The second kappa shape index (κ2) is 8.95. The molecule has 5 aromatic carbocycles. The van der Waals surface area contributed by atoms with Crippen LogP contribution in [-0.2, 0) is 25.7 Å². The molecule has 0 atom stereocenters. The van der Waals surface area contributed by atoms with Gasteiger partial charge in [0.25, 0.3) is 0 Å². The monoisotopic (exact) mass is 462 g/mol. The zero-order valence-electron chi connectivity index (χ0n) is 20.5. The molecule has 0 unspecified atom stereocenters. The minimum Gasteiger partial charge on any atom is -0.0620 e. The van der Waals surface area contributed by atoms with Gasteiger partial charge in [-0.3, -0.25) is 0 Å². The molecule has 0 saturated heterocycles. The highest BCUT2D eigenvalue weighted by Gasteiger charge is 2.26. The lowest BCUT2D eigenvalue weighted by molar-refractivity contribution is 0.752. The molecule has 0 nitrogen and oxygen atoms in total. The van der Waals surface area contributed by atoms with Crippen molar-refractivity contribution in [2.45, 2.75) is 37.5 Å². The molecule has 36 heavy (non-hydrogen) atoms. The molecule has 0 amide bonds. The molecule has 0 saturated carbocycles. The molecule has 2 aliphatic rings. The molecule has 0 aromatic heterocycles. The smallest absolute Gasteiger partial charge is 0.0135 e. The Morgan fingerprint density at radius 3 is 0.944 bits per heavy atom. The molecular weight excluding hydrogens is 432 g/mol. The molecule has 0 bridgehead atoms. The summed E-state index contributed by atoms with van der Waals surface area (Å²) >= 11 is 0. The quantitative estimate of drug-likeness (QED) is 0.252. The van der Waals surface area contributed by atoms with Crippen molar-refractivity contribution in [3.8, 4) is 0 Å². The summed E-state index contributed by atoms with van der Waals surface area (Å²) in [7, 11) is 0. The van der Waals surface area contributed by atoms with E-state index in [-0.39, 0.29) is 0 Å². The molecule has 174 valence electrons. The first-order valence-electron chi connectivity index (χ1n) is 13.2. The molecular formula is C36H30. The van der Waals surface area contributed by atoms with Crippen molar-refractivity contribution in [1.29, 1.82) is 0 Å². The van der Waals surface area contributed by atoms with Gasteiger partial charge in [-0.25, -0.2) is 0 Å². The second-order valence-electron chi connectivity index (χ2n) is 10.5.